The van der Waals surface area contributed by atoms with Crippen LogP contribution in [0.3, 0.4) is 0 Å². The van der Waals surface area contributed by atoms with Crippen molar-refractivity contribution in [3.63, 3.8) is 0 Å². The number of hydrogen-bond acceptors (Lipinski definition) is 5. The van der Waals surface area contributed by atoms with E-state index in [4.69, 9.17) is 0 Å². The smallest absolute Gasteiger partial charge is 0.321 e. The lowest BCUT2D eigenvalue weighted by molar-refractivity contribution is -0.121. The summed E-state index contributed by atoms with van der Waals surface area (Å²) in [6.45, 7) is 8.65. The van der Waals surface area contributed by atoms with E-state index < -0.39 is 12.1 Å². The second-order valence-corrected chi connectivity index (χ2v) is 6.94. The van der Waals surface area contributed by atoms with Crippen LogP contribution in [0.15, 0.2) is 0 Å². The molecule has 1 aliphatic rings. The maximum absolute atomic E-state index is 12.0. The van der Waals surface area contributed by atoms with Crippen LogP contribution in [0.2, 0.25) is 0 Å². The molecule has 0 aromatic carbocycles. The zero-order valence-electron chi connectivity index (χ0n) is 14.3. The van der Waals surface area contributed by atoms with Gasteiger partial charge in [-0.25, -0.2) is 4.79 Å². The molecule has 0 aliphatic carbocycles. The van der Waals surface area contributed by atoms with Crippen molar-refractivity contribution in [2.24, 2.45) is 0 Å². The van der Waals surface area contributed by atoms with Gasteiger partial charge < -0.3 is 9.88 Å². The third-order valence-electron chi connectivity index (χ3n) is 3.62. The molecule has 0 unspecified atom stereocenters. The monoisotopic (exact) mass is 322 g/mol. The van der Waals surface area contributed by atoms with Crippen molar-refractivity contribution in [3.05, 3.63) is 11.6 Å². The van der Waals surface area contributed by atoms with Crippen LogP contribution in [0, 0.1) is 0 Å². The highest BCUT2D eigenvalue weighted by molar-refractivity contribution is 5.96. The molecule has 1 aromatic heterocycles. The van der Waals surface area contributed by atoms with E-state index in [2.05, 4.69) is 30.7 Å². The van der Waals surface area contributed by atoms with Gasteiger partial charge in [0.05, 0.1) is 12.6 Å². The van der Waals surface area contributed by atoms with Gasteiger partial charge in [0.2, 0.25) is 5.91 Å². The number of imide groups is 1. The summed E-state index contributed by atoms with van der Waals surface area (Å²) >= 11 is 0. The van der Waals surface area contributed by atoms with Crippen molar-refractivity contribution in [3.8, 4) is 0 Å². The summed E-state index contributed by atoms with van der Waals surface area (Å²) in [4.78, 5) is 23.7. The molecule has 2 heterocycles. The van der Waals surface area contributed by atoms with Crippen LogP contribution in [-0.4, -0.2) is 38.3 Å². The van der Waals surface area contributed by atoms with Gasteiger partial charge in [-0.3, -0.25) is 15.4 Å². The second-order valence-electron chi connectivity index (χ2n) is 6.94. The van der Waals surface area contributed by atoms with E-state index in [1.54, 1.807) is 6.92 Å². The Labute approximate surface area is 136 Å². The van der Waals surface area contributed by atoms with E-state index in [1.807, 2.05) is 20.8 Å². The Morgan fingerprint density at radius 2 is 2.00 bits per heavy atom. The van der Waals surface area contributed by atoms with Crippen LogP contribution in [0.5, 0.6) is 0 Å². The number of carbonyl (C=O) groups excluding carboxylic acids is 2. The van der Waals surface area contributed by atoms with Gasteiger partial charge in [-0.2, -0.15) is 0 Å². The Balaban J connectivity index is 1.82. The predicted octanol–water partition coefficient (Wildman–Crippen LogP) is 0.717. The van der Waals surface area contributed by atoms with Gasteiger partial charge >= 0.3 is 6.03 Å². The fourth-order valence-electron chi connectivity index (χ4n) is 2.43. The maximum Gasteiger partial charge on any atom is 0.321 e. The van der Waals surface area contributed by atoms with Crippen molar-refractivity contribution < 1.29 is 9.59 Å². The lowest BCUT2D eigenvalue weighted by Crippen LogP contribution is -2.52. The van der Waals surface area contributed by atoms with Crippen molar-refractivity contribution in [1.82, 2.24) is 30.7 Å². The molecule has 0 saturated carbocycles. The summed E-state index contributed by atoms with van der Waals surface area (Å²) in [5, 5.41) is 16.5. The minimum atomic E-state index is -0.503. The molecule has 1 atom stereocenters. The molecule has 3 N–H and O–H groups in total. The number of fused-ring (bicyclic) bond motifs is 1. The van der Waals surface area contributed by atoms with Crippen LogP contribution < -0.4 is 16.0 Å². The average Bonchev–Trinajstić information content (AvgIpc) is 2.85. The molecule has 23 heavy (non-hydrogen) atoms. The van der Waals surface area contributed by atoms with E-state index in [9.17, 15) is 9.59 Å². The Hall–Kier alpha value is -1.96. The van der Waals surface area contributed by atoms with Crippen molar-refractivity contribution in [1.29, 1.82) is 0 Å². The van der Waals surface area contributed by atoms with Gasteiger partial charge in [-0.1, -0.05) is 0 Å². The Morgan fingerprint density at radius 1 is 1.26 bits per heavy atom. The summed E-state index contributed by atoms with van der Waals surface area (Å²) in [6.07, 6.45) is 3.23. The number of aromatic nitrogens is 3. The lowest BCUT2D eigenvalue weighted by atomic mass is 10.1. The molecular weight excluding hydrogens is 296 g/mol. The van der Waals surface area contributed by atoms with Gasteiger partial charge in [0.15, 0.2) is 0 Å². The molecule has 128 valence electrons. The summed E-state index contributed by atoms with van der Waals surface area (Å²) < 4.78 is 2.10. The van der Waals surface area contributed by atoms with Gasteiger partial charge in [0, 0.05) is 18.5 Å². The number of nitrogens with one attached hydrogen (secondary N) is 3. The molecule has 0 bridgehead atoms. The summed E-state index contributed by atoms with van der Waals surface area (Å²) in [7, 11) is 0. The van der Waals surface area contributed by atoms with E-state index in [1.165, 1.54) is 0 Å². The third kappa shape index (κ3) is 5.02. The molecule has 8 nitrogen and oxygen atoms in total. The average molecular weight is 322 g/mol. The zero-order chi connectivity index (χ0) is 17.0. The first-order valence-corrected chi connectivity index (χ1v) is 8.03. The summed E-state index contributed by atoms with van der Waals surface area (Å²) in [5.74, 6) is 1.47. The number of hydrogen-bond donors (Lipinski definition) is 3. The van der Waals surface area contributed by atoms with Gasteiger partial charge in [-0.15, -0.1) is 10.2 Å². The lowest BCUT2D eigenvalue weighted by Gasteiger charge is -2.21. The fourth-order valence-corrected chi connectivity index (χ4v) is 2.43. The molecule has 3 amide bonds. The number of nitrogens with zero attached hydrogens (tertiary/aromatic N) is 3. The van der Waals surface area contributed by atoms with E-state index in [0.29, 0.717) is 6.54 Å². The molecule has 1 aliphatic heterocycles. The number of urea groups is 1. The molecule has 0 fully saturated rings. The van der Waals surface area contributed by atoms with E-state index >= 15 is 0 Å². The normalized spacial score (nSPS) is 15.7. The molecule has 0 spiro atoms. The number of rotatable bonds is 4. The topological polar surface area (TPSA) is 101 Å². The highest BCUT2D eigenvalue weighted by atomic mass is 16.2. The minimum absolute atomic E-state index is 0.370. The molecular formula is C15H26N6O2. The Bertz CT molecular complexity index is 575. The van der Waals surface area contributed by atoms with E-state index in [0.717, 1.165) is 37.5 Å². The van der Waals surface area contributed by atoms with Crippen molar-refractivity contribution >= 4 is 11.9 Å². The molecule has 0 radical (unpaired) electrons. The molecule has 0 saturated heterocycles. The van der Waals surface area contributed by atoms with Crippen molar-refractivity contribution in [2.75, 3.05) is 0 Å². The van der Waals surface area contributed by atoms with Gasteiger partial charge in [0.1, 0.15) is 11.6 Å². The van der Waals surface area contributed by atoms with Crippen LogP contribution in [-0.2, 0) is 24.3 Å². The quantitative estimate of drug-likeness (QED) is 0.758. The Morgan fingerprint density at radius 3 is 2.70 bits per heavy atom. The zero-order valence-corrected chi connectivity index (χ0v) is 14.3. The first-order valence-electron chi connectivity index (χ1n) is 8.03. The standard InChI is InChI=1S/C15H26N6O2/c1-10(13(22)17-14(23)18-15(2,3)4)16-9-12-20-19-11-7-5-6-8-21(11)12/h10,16H,5-9H2,1-4H3,(H2,17,18,22,23)/t10-/m1/s1. The highest BCUT2D eigenvalue weighted by Crippen LogP contribution is 2.14. The van der Waals surface area contributed by atoms with Crippen LogP contribution >= 0.6 is 0 Å². The summed E-state index contributed by atoms with van der Waals surface area (Å²) in [5.41, 5.74) is -0.387. The van der Waals surface area contributed by atoms with Crippen molar-refractivity contribution in [2.45, 2.75) is 71.6 Å². The molecule has 1 aromatic rings. The molecule has 8 heteroatoms. The Kier molecular flexibility index (Phi) is 5.35. The first-order chi connectivity index (χ1) is 10.8. The van der Waals surface area contributed by atoms with Crippen LogP contribution in [0.1, 0.15) is 52.2 Å². The summed E-state index contributed by atoms with van der Waals surface area (Å²) in [6, 6.07) is -0.992. The third-order valence-corrected chi connectivity index (χ3v) is 3.62. The first kappa shape index (κ1) is 17.4. The van der Waals surface area contributed by atoms with E-state index in [-0.39, 0.29) is 11.4 Å². The van der Waals surface area contributed by atoms with Crippen LogP contribution in [0.4, 0.5) is 4.79 Å². The fraction of sp³-hybridized carbons (Fsp3) is 0.733. The number of aryl methyl sites for hydroxylation is 1. The van der Waals surface area contributed by atoms with Gasteiger partial charge in [-0.05, 0) is 40.5 Å². The maximum atomic E-state index is 12.0. The predicted molar refractivity (Wildman–Crippen MR) is 85.7 cm³/mol. The largest absolute Gasteiger partial charge is 0.333 e. The second kappa shape index (κ2) is 7.08. The highest BCUT2D eigenvalue weighted by Gasteiger charge is 2.20. The molecule has 2 rings (SSSR count). The number of carbonyl (C=O) groups is 2. The number of amides is 3. The SMILES string of the molecule is C[C@@H](NCc1nnc2n1CCCC2)C(=O)NC(=O)NC(C)(C)C. The van der Waals surface area contributed by atoms with Gasteiger partial charge in [0.25, 0.3) is 0 Å². The van der Waals surface area contributed by atoms with Crippen LogP contribution in [0.25, 0.3) is 0 Å². The minimum Gasteiger partial charge on any atom is -0.333 e.